The van der Waals surface area contributed by atoms with Gasteiger partial charge in [-0.1, -0.05) is 23.9 Å². The second-order valence-corrected chi connectivity index (χ2v) is 7.60. The van der Waals surface area contributed by atoms with Crippen LogP contribution in [0.2, 0.25) is 0 Å². The molecule has 0 unspecified atom stereocenters. The maximum Gasteiger partial charge on any atom is 0.234 e. The summed E-state index contributed by atoms with van der Waals surface area (Å²) in [5.74, 6) is 1.46. The Balaban J connectivity index is 1.61. The molecule has 0 saturated heterocycles. The van der Waals surface area contributed by atoms with Crippen LogP contribution in [-0.2, 0) is 17.9 Å². The summed E-state index contributed by atoms with van der Waals surface area (Å²) in [6, 6.07) is 11.5. The van der Waals surface area contributed by atoms with E-state index in [0.29, 0.717) is 41.3 Å². The third-order valence-electron chi connectivity index (χ3n) is 4.31. The van der Waals surface area contributed by atoms with Crippen molar-refractivity contribution in [3.05, 3.63) is 59.7 Å². The molecule has 0 aliphatic heterocycles. The molecule has 0 aliphatic carbocycles. The van der Waals surface area contributed by atoms with Gasteiger partial charge >= 0.3 is 0 Å². The number of hydrogen-bond donors (Lipinski definition) is 1. The summed E-state index contributed by atoms with van der Waals surface area (Å²) in [5, 5.41) is 11.7. The number of aryl methyl sites for hydroxylation is 1. The molecule has 0 radical (unpaired) electrons. The third kappa shape index (κ3) is 6.21. The zero-order valence-electron chi connectivity index (χ0n) is 17.7. The molecule has 0 saturated carbocycles. The molecule has 1 heterocycles. The van der Waals surface area contributed by atoms with Gasteiger partial charge in [0.25, 0.3) is 0 Å². The molecule has 0 atom stereocenters. The van der Waals surface area contributed by atoms with Crippen molar-refractivity contribution in [2.45, 2.75) is 39.1 Å². The highest BCUT2D eigenvalue weighted by atomic mass is 32.2. The van der Waals surface area contributed by atoms with Crippen LogP contribution < -0.4 is 14.8 Å². The fourth-order valence-electron chi connectivity index (χ4n) is 2.89. The molecule has 164 valence electrons. The van der Waals surface area contributed by atoms with Gasteiger partial charge in [0.1, 0.15) is 12.4 Å². The average Bonchev–Trinajstić information content (AvgIpc) is 3.14. The summed E-state index contributed by atoms with van der Waals surface area (Å²) in [6.45, 7) is 7.29. The van der Waals surface area contributed by atoms with Crippen molar-refractivity contribution in [3.63, 3.8) is 0 Å². The SMILES string of the molecule is CCOc1cc(C)ccc1OCc1nnc(SCC(=O)Nc2cccc(F)c2)n1CC. The number of thioether (sulfide) groups is 1. The van der Waals surface area contributed by atoms with Crippen LogP contribution in [0.3, 0.4) is 0 Å². The van der Waals surface area contributed by atoms with Crippen LogP contribution in [0.5, 0.6) is 11.5 Å². The summed E-state index contributed by atoms with van der Waals surface area (Å²) in [7, 11) is 0. The number of carbonyl (C=O) groups is 1. The van der Waals surface area contributed by atoms with Crippen molar-refractivity contribution in [1.82, 2.24) is 14.8 Å². The first-order valence-electron chi connectivity index (χ1n) is 9.96. The van der Waals surface area contributed by atoms with Crippen molar-refractivity contribution < 1.29 is 18.7 Å². The number of hydrogen-bond acceptors (Lipinski definition) is 6. The number of aromatic nitrogens is 3. The quantitative estimate of drug-likeness (QED) is 0.466. The minimum atomic E-state index is -0.401. The highest BCUT2D eigenvalue weighted by Crippen LogP contribution is 2.29. The van der Waals surface area contributed by atoms with E-state index < -0.39 is 5.82 Å². The van der Waals surface area contributed by atoms with Crippen LogP contribution >= 0.6 is 11.8 Å². The molecule has 1 amide bonds. The predicted octanol–water partition coefficient (Wildman–Crippen LogP) is 4.45. The second-order valence-electron chi connectivity index (χ2n) is 6.66. The maximum absolute atomic E-state index is 13.3. The number of rotatable bonds is 10. The minimum absolute atomic E-state index is 0.127. The molecule has 9 heteroatoms. The molecule has 7 nitrogen and oxygen atoms in total. The van der Waals surface area contributed by atoms with Gasteiger partial charge in [-0.25, -0.2) is 4.39 Å². The van der Waals surface area contributed by atoms with Crippen molar-refractivity contribution >= 4 is 23.4 Å². The van der Waals surface area contributed by atoms with E-state index in [1.165, 1.54) is 23.9 Å². The Morgan fingerprint density at radius 1 is 1.13 bits per heavy atom. The monoisotopic (exact) mass is 444 g/mol. The molecule has 1 aromatic heterocycles. The van der Waals surface area contributed by atoms with Gasteiger partial charge in [0, 0.05) is 12.2 Å². The van der Waals surface area contributed by atoms with Gasteiger partial charge in [-0.15, -0.1) is 10.2 Å². The normalized spacial score (nSPS) is 10.7. The largest absolute Gasteiger partial charge is 0.490 e. The first-order valence-corrected chi connectivity index (χ1v) is 10.9. The first-order chi connectivity index (χ1) is 15.0. The van der Waals surface area contributed by atoms with E-state index in [2.05, 4.69) is 15.5 Å². The van der Waals surface area contributed by atoms with E-state index in [4.69, 9.17) is 9.47 Å². The lowest BCUT2D eigenvalue weighted by molar-refractivity contribution is -0.113. The van der Waals surface area contributed by atoms with Crippen LogP contribution in [0.1, 0.15) is 25.2 Å². The fourth-order valence-corrected chi connectivity index (χ4v) is 3.71. The van der Waals surface area contributed by atoms with Gasteiger partial charge in [0.2, 0.25) is 5.91 Å². The number of carbonyl (C=O) groups excluding carboxylic acids is 1. The van der Waals surface area contributed by atoms with E-state index in [1.54, 1.807) is 12.1 Å². The number of benzene rings is 2. The van der Waals surface area contributed by atoms with E-state index >= 15 is 0 Å². The molecule has 31 heavy (non-hydrogen) atoms. The van der Waals surface area contributed by atoms with Gasteiger partial charge in [0.05, 0.1) is 12.4 Å². The van der Waals surface area contributed by atoms with E-state index in [-0.39, 0.29) is 18.3 Å². The number of ether oxygens (including phenoxy) is 2. The molecule has 2 aromatic carbocycles. The minimum Gasteiger partial charge on any atom is -0.490 e. The van der Waals surface area contributed by atoms with Crippen molar-refractivity contribution in [2.75, 3.05) is 17.7 Å². The summed E-state index contributed by atoms with van der Waals surface area (Å²) in [6.07, 6.45) is 0. The Kier molecular flexibility index (Phi) is 7.88. The molecular formula is C22H25FN4O3S. The highest BCUT2D eigenvalue weighted by Gasteiger charge is 2.15. The first kappa shape index (κ1) is 22.6. The number of anilines is 1. The Morgan fingerprint density at radius 2 is 1.97 bits per heavy atom. The van der Waals surface area contributed by atoms with Crippen LogP contribution in [0.4, 0.5) is 10.1 Å². The lowest BCUT2D eigenvalue weighted by Crippen LogP contribution is -2.15. The number of nitrogens with zero attached hydrogens (tertiary/aromatic N) is 3. The lowest BCUT2D eigenvalue weighted by atomic mass is 10.2. The Labute approximate surface area is 185 Å². The molecule has 3 aromatic rings. The molecule has 0 aliphatic rings. The summed E-state index contributed by atoms with van der Waals surface area (Å²) >= 11 is 1.26. The van der Waals surface area contributed by atoms with E-state index in [1.807, 2.05) is 43.5 Å². The van der Waals surface area contributed by atoms with E-state index in [0.717, 1.165) is 5.56 Å². The summed E-state index contributed by atoms with van der Waals surface area (Å²) in [4.78, 5) is 12.2. The van der Waals surface area contributed by atoms with Gasteiger partial charge in [-0.05, 0) is 56.7 Å². The third-order valence-corrected chi connectivity index (χ3v) is 5.27. The lowest BCUT2D eigenvalue weighted by Gasteiger charge is -2.13. The maximum atomic E-state index is 13.3. The van der Waals surface area contributed by atoms with Crippen molar-refractivity contribution in [2.24, 2.45) is 0 Å². The van der Waals surface area contributed by atoms with Gasteiger partial charge in [0.15, 0.2) is 22.5 Å². The van der Waals surface area contributed by atoms with Gasteiger partial charge < -0.3 is 19.4 Å². The predicted molar refractivity (Wildman–Crippen MR) is 118 cm³/mol. The standard InChI is InChI=1S/C22H25FN4O3S/c1-4-27-20(13-30-18-10-9-15(3)11-19(18)29-5-2)25-26-22(27)31-14-21(28)24-17-8-6-7-16(23)12-17/h6-12H,4-5,13-14H2,1-3H3,(H,24,28). The van der Waals surface area contributed by atoms with Crippen LogP contribution in [0.15, 0.2) is 47.6 Å². The number of nitrogens with one attached hydrogen (secondary N) is 1. The topological polar surface area (TPSA) is 78.3 Å². The molecule has 3 rings (SSSR count). The zero-order chi connectivity index (χ0) is 22.2. The Morgan fingerprint density at radius 3 is 2.71 bits per heavy atom. The zero-order valence-corrected chi connectivity index (χ0v) is 18.5. The van der Waals surface area contributed by atoms with E-state index in [9.17, 15) is 9.18 Å². The number of halogens is 1. The molecule has 0 fully saturated rings. The van der Waals surface area contributed by atoms with Crippen LogP contribution in [0.25, 0.3) is 0 Å². The Hall–Kier alpha value is -3.07. The van der Waals surface area contributed by atoms with Gasteiger partial charge in [-0.2, -0.15) is 0 Å². The smallest absolute Gasteiger partial charge is 0.234 e. The Bertz CT molecular complexity index is 1040. The summed E-state index contributed by atoms with van der Waals surface area (Å²) in [5.41, 5.74) is 1.50. The average molecular weight is 445 g/mol. The molecule has 0 bridgehead atoms. The molecule has 0 spiro atoms. The second kappa shape index (κ2) is 10.8. The van der Waals surface area contributed by atoms with Crippen molar-refractivity contribution in [1.29, 1.82) is 0 Å². The van der Waals surface area contributed by atoms with Crippen LogP contribution in [0, 0.1) is 12.7 Å². The van der Waals surface area contributed by atoms with Gasteiger partial charge in [-0.3, -0.25) is 4.79 Å². The fraction of sp³-hybridized carbons (Fsp3) is 0.318. The number of amides is 1. The highest BCUT2D eigenvalue weighted by molar-refractivity contribution is 7.99. The van der Waals surface area contributed by atoms with Crippen molar-refractivity contribution in [3.8, 4) is 11.5 Å². The molecular weight excluding hydrogens is 419 g/mol. The summed E-state index contributed by atoms with van der Waals surface area (Å²) < 4.78 is 26.7. The molecule has 1 N–H and O–H groups in total. The van der Waals surface area contributed by atoms with Crippen LogP contribution in [-0.4, -0.2) is 33.0 Å².